The van der Waals surface area contributed by atoms with Gasteiger partial charge in [0.15, 0.2) is 17.1 Å². The number of pyridine rings is 2. The Kier molecular flexibility index (Phi) is 5.06. The normalized spacial score (nSPS) is 19.2. The van der Waals surface area contributed by atoms with Gasteiger partial charge in [0, 0.05) is 25.2 Å². The zero-order valence-electron chi connectivity index (χ0n) is 16.6. The van der Waals surface area contributed by atoms with Crippen LogP contribution in [0.4, 0.5) is 13.2 Å². The number of aryl methyl sites for hydroxylation is 2. The van der Waals surface area contributed by atoms with Gasteiger partial charge in [0.2, 0.25) is 0 Å². The van der Waals surface area contributed by atoms with Crippen LogP contribution in [0, 0.1) is 19.8 Å². The molecule has 154 valence electrons. The minimum atomic E-state index is -4.42. The van der Waals surface area contributed by atoms with E-state index >= 15 is 0 Å². The zero-order valence-corrected chi connectivity index (χ0v) is 16.6. The first-order chi connectivity index (χ1) is 13.7. The summed E-state index contributed by atoms with van der Waals surface area (Å²) in [6.45, 7) is 7.21. The third-order valence-electron chi connectivity index (χ3n) is 5.50. The van der Waals surface area contributed by atoms with E-state index in [1.807, 2.05) is 12.1 Å². The molecule has 29 heavy (non-hydrogen) atoms. The molecule has 0 amide bonds. The number of hydrogen-bond donors (Lipinski definition) is 0. The minimum Gasteiger partial charge on any atom is -0.439 e. The van der Waals surface area contributed by atoms with Gasteiger partial charge in [0.05, 0.1) is 5.69 Å². The lowest BCUT2D eigenvalue weighted by Crippen LogP contribution is -2.25. The molecule has 2 atom stereocenters. The number of nitrogens with zero attached hydrogens (tertiary/aromatic N) is 4. The van der Waals surface area contributed by atoms with Crippen LogP contribution in [-0.2, 0) is 12.6 Å². The van der Waals surface area contributed by atoms with Gasteiger partial charge in [0.25, 0.3) is 0 Å². The fourth-order valence-electron chi connectivity index (χ4n) is 4.08. The Morgan fingerprint density at radius 2 is 1.97 bits per heavy atom. The summed E-state index contributed by atoms with van der Waals surface area (Å²) in [4.78, 5) is 14.9. The zero-order chi connectivity index (χ0) is 20.8. The van der Waals surface area contributed by atoms with E-state index in [-0.39, 0.29) is 6.04 Å². The van der Waals surface area contributed by atoms with E-state index in [9.17, 15) is 13.2 Å². The number of likely N-dealkylation sites (tertiary alicyclic amines) is 1. The largest absolute Gasteiger partial charge is 0.439 e. The molecule has 1 saturated heterocycles. The molecular formula is C21H23F3N4O. The maximum Gasteiger partial charge on any atom is 0.433 e. The summed E-state index contributed by atoms with van der Waals surface area (Å²) in [6.07, 6.45) is -2.86. The Bertz CT molecular complexity index is 1030. The second-order valence-corrected chi connectivity index (χ2v) is 7.82. The minimum absolute atomic E-state index is 0.103. The molecule has 1 aliphatic rings. The summed E-state index contributed by atoms with van der Waals surface area (Å²) in [7, 11) is 0. The van der Waals surface area contributed by atoms with Crippen LogP contribution in [0.1, 0.15) is 47.9 Å². The maximum atomic E-state index is 13.0. The van der Waals surface area contributed by atoms with Crippen molar-refractivity contribution in [3.63, 3.8) is 0 Å². The first-order valence-electron chi connectivity index (χ1n) is 9.72. The van der Waals surface area contributed by atoms with Crippen molar-refractivity contribution in [3.05, 3.63) is 52.8 Å². The van der Waals surface area contributed by atoms with Gasteiger partial charge in [-0.3, -0.25) is 4.90 Å². The average Bonchev–Trinajstić information content (AvgIpc) is 3.24. The van der Waals surface area contributed by atoms with Crippen molar-refractivity contribution < 1.29 is 17.6 Å². The van der Waals surface area contributed by atoms with Crippen LogP contribution < -0.4 is 0 Å². The van der Waals surface area contributed by atoms with Gasteiger partial charge in [-0.15, -0.1) is 0 Å². The lowest BCUT2D eigenvalue weighted by molar-refractivity contribution is -0.141. The van der Waals surface area contributed by atoms with Gasteiger partial charge < -0.3 is 4.42 Å². The molecule has 0 bridgehead atoms. The van der Waals surface area contributed by atoms with Crippen molar-refractivity contribution in [3.8, 4) is 0 Å². The second-order valence-electron chi connectivity index (χ2n) is 7.82. The Hall–Kier alpha value is -2.48. The van der Waals surface area contributed by atoms with Crippen molar-refractivity contribution in [2.24, 2.45) is 5.92 Å². The van der Waals surface area contributed by atoms with E-state index in [2.05, 4.69) is 26.8 Å². The average molecular weight is 404 g/mol. The Morgan fingerprint density at radius 3 is 2.72 bits per heavy atom. The molecule has 0 N–H and O–H groups in total. The Balaban J connectivity index is 1.45. The number of aromatic nitrogens is 3. The molecule has 5 nitrogen and oxygen atoms in total. The van der Waals surface area contributed by atoms with Crippen LogP contribution in [0.15, 0.2) is 28.7 Å². The highest BCUT2D eigenvalue weighted by Crippen LogP contribution is 2.32. The van der Waals surface area contributed by atoms with E-state index in [0.29, 0.717) is 40.7 Å². The van der Waals surface area contributed by atoms with E-state index < -0.39 is 11.9 Å². The molecule has 0 saturated carbocycles. The number of oxazole rings is 1. The quantitative estimate of drug-likeness (QED) is 0.620. The Morgan fingerprint density at radius 1 is 1.17 bits per heavy atom. The third-order valence-corrected chi connectivity index (χ3v) is 5.50. The fraction of sp³-hybridized carbons (Fsp3) is 0.476. The first kappa shape index (κ1) is 19.8. The van der Waals surface area contributed by atoms with Gasteiger partial charge in [0.1, 0.15) is 5.69 Å². The number of alkyl halides is 3. The smallest absolute Gasteiger partial charge is 0.433 e. The van der Waals surface area contributed by atoms with Crippen molar-refractivity contribution in [1.29, 1.82) is 0 Å². The molecule has 8 heteroatoms. The SMILES string of the molecule is Cc1cc(CC2CCN(C(C)c3ccc4oc(C)nc4n3)C2)cc(C(F)(F)F)n1. The molecule has 4 rings (SSSR count). The fourth-order valence-corrected chi connectivity index (χ4v) is 4.08. The topological polar surface area (TPSA) is 55.1 Å². The van der Waals surface area contributed by atoms with Gasteiger partial charge in [-0.25, -0.2) is 9.97 Å². The number of halogens is 3. The molecule has 1 fully saturated rings. The van der Waals surface area contributed by atoms with Crippen LogP contribution in [0.25, 0.3) is 11.2 Å². The van der Waals surface area contributed by atoms with Crippen molar-refractivity contribution in [2.75, 3.05) is 13.1 Å². The van der Waals surface area contributed by atoms with Crippen LogP contribution in [0.3, 0.4) is 0 Å². The maximum absolute atomic E-state index is 13.0. The molecule has 0 radical (unpaired) electrons. The summed E-state index contributed by atoms with van der Waals surface area (Å²) in [5, 5.41) is 0. The highest BCUT2D eigenvalue weighted by Gasteiger charge is 2.33. The third kappa shape index (κ3) is 4.27. The van der Waals surface area contributed by atoms with Crippen LogP contribution in [0.2, 0.25) is 0 Å². The summed E-state index contributed by atoms with van der Waals surface area (Å²) in [5.74, 6) is 0.891. The van der Waals surface area contributed by atoms with Gasteiger partial charge in [-0.2, -0.15) is 18.2 Å². The highest BCUT2D eigenvalue weighted by atomic mass is 19.4. The van der Waals surface area contributed by atoms with E-state index in [1.165, 1.54) is 6.07 Å². The monoisotopic (exact) mass is 404 g/mol. The van der Waals surface area contributed by atoms with Gasteiger partial charge >= 0.3 is 6.18 Å². The van der Waals surface area contributed by atoms with E-state index in [0.717, 1.165) is 25.2 Å². The number of rotatable bonds is 4. The lowest BCUT2D eigenvalue weighted by Gasteiger charge is -2.24. The molecule has 4 heterocycles. The molecule has 1 aliphatic heterocycles. The van der Waals surface area contributed by atoms with E-state index in [4.69, 9.17) is 4.42 Å². The molecule has 0 aromatic carbocycles. The standard InChI is InChI=1S/C21H23F3N4O/c1-12-8-16(10-19(25-12)21(22,23)24)9-15-6-7-28(11-15)13(2)17-4-5-18-20(27-17)26-14(3)29-18/h4-5,8,10,13,15H,6-7,9,11H2,1-3H3. The Labute approximate surface area is 167 Å². The van der Waals surface area contributed by atoms with Crippen LogP contribution in [0.5, 0.6) is 0 Å². The van der Waals surface area contributed by atoms with Crippen LogP contribution >= 0.6 is 0 Å². The first-order valence-corrected chi connectivity index (χ1v) is 9.72. The molecule has 0 spiro atoms. The predicted octanol–water partition coefficient (Wildman–Crippen LogP) is 4.88. The van der Waals surface area contributed by atoms with Gasteiger partial charge in [-0.05, 0) is 69.0 Å². The van der Waals surface area contributed by atoms with Gasteiger partial charge in [-0.1, -0.05) is 0 Å². The lowest BCUT2D eigenvalue weighted by atomic mass is 9.98. The van der Waals surface area contributed by atoms with Crippen LogP contribution in [-0.4, -0.2) is 32.9 Å². The van der Waals surface area contributed by atoms with E-state index in [1.54, 1.807) is 19.9 Å². The second kappa shape index (κ2) is 7.40. The van der Waals surface area contributed by atoms with Crippen molar-refractivity contribution in [1.82, 2.24) is 19.9 Å². The summed E-state index contributed by atoms with van der Waals surface area (Å²) < 4.78 is 44.6. The molecule has 2 unspecified atom stereocenters. The summed E-state index contributed by atoms with van der Waals surface area (Å²) in [6, 6.07) is 6.88. The molecule has 0 aliphatic carbocycles. The molecule has 3 aromatic heterocycles. The van der Waals surface area contributed by atoms with Crippen molar-refractivity contribution in [2.45, 2.75) is 45.8 Å². The molecule has 3 aromatic rings. The van der Waals surface area contributed by atoms with Crippen molar-refractivity contribution >= 4 is 11.2 Å². The summed E-state index contributed by atoms with van der Waals surface area (Å²) in [5.41, 5.74) is 2.49. The predicted molar refractivity (Wildman–Crippen MR) is 102 cm³/mol. The molecular weight excluding hydrogens is 381 g/mol. The number of hydrogen-bond acceptors (Lipinski definition) is 5. The number of fused-ring (bicyclic) bond motifs is 1. The highest BCUT2D eigenvalue weighted by molar-refractivity contribution is 5.67. The summed E-state index contributed by atoms with van der Waals surface area (Å²) >= 11 is 0.